The summed E-state index contributed by atoms with van der Waals surface area (Å²) in [7, 11) is 2.91. The Labute approximate surface area is 271 Å². The van der Waals surface area contributed by atoms with Crippen molar-refractivity contribution in [1.82, 2.24) is 9.80 Å². The SMILES string of the molecule is CC.CC.COC(=O)C(c1ccccc1)N1CCc2sccc2C1.COC(=O)[C@H](c1ccccc1)N1CCc2sccc2C1. The molecule has 2 aliphatic heterocycles. The molecule has 0 spiro atoms. The summed E-state index contributed by atoms with van der Waals surface area (Å²) in [6.45, 7) is 11.4. The van der Waals surface area contributed by atoms with Gasteiger partial charge in [-0.05, 0) is 58.0 Å². The lowest BCUT2D eigenvalue weighted by Crippen LogP contribution is -2.38. The number of rotatable bonds is 6. The Bertz CT molecular complexity index is 1300. The second kappa shape index (κ2) is 18.5. The highest BCUT2D eigenvalue weighted by Crippen LogP contribution is 2.32. The number of carbonyl (C=O) groups excluding carboxylic acids is 2. The maximum Gasteiger partial charge on any atom is 0.327 e. The van der Waals surface area contributed by atoms with Gasteiger partial charge in [0.1, 0.15) is 12.1 Å². The summed E-state index contributed by atoms with van der Waals surface area (Å²) in [5.41, 5.74) is 4.67. The highest BCUT2D eigenvalue weighted by Gasteiger charge is 2.32. The molecule has 0 amide bonds. The lowest BCUT2D eigenvalue weighted by molar-refractivity contribution is -0.148. The molecule has 236 valence electrons. The second-order valence-electron chi connectivity index (χ2n) is 9.85. The molecule has 0 N–H and O–H groups in total. The molecule has 0 saturated heterocycles. The average molecular weight is 635 g/mol. The molecule has 8 heteroatoms. The third-order valence-corrected chi connectivity index (χ3v) is 9.53. The fourth-order valence-electron chi connectivity index (χ4n) is 5.47. The summed E-state index contributed by atoms with van der Waals surface area (Å²) >= 11 is 3.61. The molecule has 4 aromatic rings. The van der Waals surface area contributed by atoms with Crippen LogP contribution < -0.4 is 0 Å². The van der Waals surface area contributed by atoms with Gasteiger partial charge in [-0.25, -0.2) is 9.59 Å². The van der Waals surface area contributed by atoms with Gasteiger partial charge in [-0.3, -0.25) is 9.80 Å². The van der Waals surface area contributed by atoms with Crippen LogP contribution in [0.2, 0.25) is 0 Å². The Morgan fingerprint density at radius 3 is 1.32 bits per heavy atom. The molecule has 6 rings (SSSR count). The zero-order valence-electron chi connectivity index (χ0n) is 26.8. The molecule has 0 saturated carbocycles. The molecule has 2 aliphatic rings. The van der Waals surface area contributed by atoms with Crippen molar-refractivity contribution in [2.75, 3.05) is 27.3 Å². The third-order valence-electron chi connectivity index (χ3n) is 7.48. The highest BCUT2D eigenvalue weighted by molar-refractivity contribution is 7.10. The molecule has 1 unspecified atom stereocenters. The van der Waals surface area contributed by atoms with Gasteiger partial charge >= 0.3 is 11.9 Å². The Morgan fingerprint density at radius 2 is 0.977 bits per heavy atom. The number of hydrogen-bond acceptors (Lipinski definition) is 8. The van der Waals surface area contributed by atoms with Crippen LogP contribution in [-0.2, 0) is 45.0 Å². The van der Waals surface area contributed by atoms with E-state index in [1.165, 1.54) is 35.1 Å². The normalized spacial score (nSPS) is 15.2. The van der Waals surface area contributed by atoms with Gasteiger partial charge in [-0.2, -0.15) is 0 Å². The molecule has 6 nitrogen and oxygen atoms in total. The zero-order chi connectivity index (χ0) is 31.9. The maximum absolute atomic E-state index is 12.2. The quantitative estimate of drug-likeness (QED) is 0.200. The molecule has 0 radical (unpaired) electrons. The fourth-order valence-corrected chi connectivity index (χ4v) is 7.25. The number of thiophene rings is 2. The third kappa shape index (κ3) is 8.88. The molecular weight excluding hydrogens is 589 g/mol. The van der Waals surface area contributed by atoms with Crippen molar-refractivity contribution in [3.05, 3.63) is 116 Å². The Balaban J connectivity index is 0.000000216. The summed E-state index contributed by atoms with van der Waals surface area (Å²) < 4.78 is 10.0. The van der Waals surface area contributed by atoms with Crippen molar-refractivity contribution in [1.29, 1.82) is 0 Å². The van der Waals surface area contributed by atoms with Crippen LogP contribution in [0.3, 0.4) is 0 Å². The molecular formula is C36H46N2O4S2. The second-order valence-corrected chi connectivity index (χ2v) is 11.9. The van der Waals surface area contributed by atoms with Gasteiger partial charge in [0.25, 0.3) is 0 Å². The van der Waals surface area contributed by atoms with Crippen LogP contribution in [0.4, 0.5) is 0 Å². The zero-order valence-corrected chi connectivity index (χ0v) is 28.5. The summed E-state index contributed by atoms with van der Waals surface area (Å²) in [6, 6.07) is 23.4. The Morgan fingerprint density at radius 1 is 0.614 bits per heavy atom. The van der Waals surface area contributed by atoms with E-state index in [0.717, 1.165) is 50.1 Å². The van der Waals surface area contributed by atoms with E-state index in [1.807, 2.05) is 88.4 Å². The van der Waals surface area contributed by atoms with Gasteiger partial charge in [-0.15, -0.1) is 22.7 Å². The molecule has 0 fully saturated rings. The van der Waals surface area contributed by atoms with Crippen molar-refractivity contribution in [3.63, 3.8) is 0 Å². The minimum absolute atomic E-state index is 0.185. The number of benzene rings is 2. The van der Waals surface area contributed by atoms with Crippen LogP contribution >= 0.6 is 22.7 Å². The summed E-state index contributed by atoms with van der Waals surface area (Å²) in [4.78, 5) is 31.7. The fraction of sp³-hybridized carbons (Fsp3) is 0.389. The predicted octanol–water partition coefficient (Wildman–Crippen LogP) is 8.09. The van der Waals surface area contributed by atoms with Crippen molar-refractivity contribution in [2.24, 2.45) is 0 Å². The van der Waals surface area contributed by atoms with E-state index in [2.05, 4.69) is 32.7 Å². The minimum atomic E-state index is -0.311. The number of carbonyl (C=O) groups is 2. The van der Waals surface area contributed by atoms with E-state index in [9.17, 15) is 9.59 Å². The smallest absolute Gasteiger partial charge is 0.327 e. The van der Waals surface area contributed by atoms with Gasteiger partial charge in [0, 0.05) is 35.9 Å². The maximum atomic E-state index is 12.2. The Kier molecular flexibility index (Phi) is 14.8. The first-order valence-electron chi connectivity index (χ1n) is 15.4. The molecule has 2 atom stereocenters. The average Bonchev–Trinajstić information content (AvgIpc) is 3.77. The number of nitrogens with zero attached hydrogens (tertiary/aromatic N) is 2. The van der Waals surface area contributed by atoms with Gasteiger partial charge in [0.05, 0.1) is 14.2 Å². The van der Waals surface area contributed by atoms with E-state index in [4.69, 9.17) is 9.47 Å². The number of hydrogen-bond donors (Lipinski definition) is 0. The van der Waals surface area contributed by atoms with E-state index in [-0.39, 0.29) is 24.0 Å². The summed E-state index contributed by atoms with van der Waals surface area (Å²) in [6.07, 6.45) is 2.01. The molecule has 0 aliphatic carbocycles. The first-order valence-corrected chi connectivity index (χ1v) is 17.2. The summed E-state index contributed by atoms with van der Waals surface area (Å²) in [5, 5.41) is 4.26. The predicted molar refractivity (Wildman–Crippen MR) is 182 cm³/mol. The topological polar surface area (TPSA) is 59.1 Å². The highest BCUT2D eigenvalue weighted by atomic mass is 32.1. The standard InChI is InChI=1S/2C16H17NO2S.2C2H6/c2*1-19-16(18)15(12-5-3-2-4-6-12)17-9-7-14-13(11-17)8-10-20-14;2*1-2/h2*2-6,8,10,15H,7,9,11H2,1H3;2*1-2H3/t15-;;;/m0.../s1. The van der Waals surface area contributed by atoms with Crippen molar-refractivity contribution < 1.29 is 19.1 Å². The van der Waals surface area contributed by atoms with Gasteiger partial charge in [-0.1, -0.05) is 88.4 Å². The summed E-state index contributed by atoms with van der Waals surface area (Å²) in [5.74, 6) is -0.371. The largest absolute Gasteiger partial charge is 0.468 e. The Hall–Kier alpha value is -3.30. The molecule has 4 heterocycles. The molecule has 2 aromatic carbocycles. The van der Waals surface area contributed by atoms with Crippen LogP contribution in [0.25, 0.3) is 0 Å². The number of ether oxygens (including phenoxy) is 2. The molecule has 44 heavy (non-hydrogen) atoms. The molecule has 2 aromatic heterocycles. The minimum Gasteiger partial charge on any atom is -0.468 e. The van der Waals surface area contributed by atoms with E-state index in [0.29, 0.717) is 0 Å². The first kappa shape index (κ1) is 35.2. The van der Waals surface area contributed by atoms with E-state index < -0.39 is 0 Å². The van der Waals surface area contributed by atoms with Gasteiger partial charge in [0.15, 0.2) is 0 Å². The van der Waals surface area contributed by atoms with Crippen molar-refractivity contribution in [3.8, 4) is 0 Å². The number of esters is 2. The van der Waals surface area contributed by atoms with Crippen LogP contribution in [0.5, 0.6) is 0 Å². The van der Waals surface area contributed by atoms with Crippen LogP contribution in [0.1, 0.15) is 71.8 Å². The van der Waals surface area contributed by atoms with Gasteiger partial charge < -0.3 is 9.47 Å². The van der Waals surface area contributed by atoms with Crippen molar-refractivity contribution >= 4 is 34.6 Å². The van der Waals surface area contributed by atoms with Gasteiger partial charge in [0.2, 0.25) is 0 Å². The number of methoxy groups -OCH3 is 2. The number of fused-ring (bicyclic) bond motifs is 2. The molecule has 0 bridgehead atoms. The van der Waals surface area contributed by atoms with Crippen molar-refractivity contribution in [2.45, 2.75) is 65.7 Å². The van der Waals surface area contributed by atoms with Crippen LogP contribution in [-0.4, -0.2) is 49.0 Å². The lowest BCUT2D eigenvalue weighted by Gasteiger charge is -2.33. The van der Waals surface area contributed by atoms with Crippen LogP contribution in [0, 0.1) is 0 Å². The monoisotopic (exact) mass is 634 g/mol. The lowest BCUT2D eigenvalue weighted by atomic mass is 10.0. The van der Waals surface area contributed by atoms with Crippen LogP contribution in [0.15, 0.2) is 83.6 Å². The van der Waals surface area contributed by atoms with E-state index >= 15 is 0 Å². The first-order chi connectivity index (χ1) is 21.6. The van der Waals surface area contributed by atoms with E-state index in [1.54, 1.807) is 22.7 Å².